The maximum absolute atomic E-state index is 11.7. The Morgan fingerprint density at radius 1 is 0.969 bits per heavy atom. The maximum Gasteiger partial charge on any atom is 0.258 e. The van der Waals surface area contributed by atoms with Crippen LogP contribution in [0, 0.1) is 0 Å². The van der Waals surface area contributed by atoms with Crippen LogP contribution < -0.4 is 25.4 Å². The largest absolute Gasteiger partial charge is 0.497 e. The van der Waals surface area contributed by atoms with Crippen molar-refractivity contribution >= 4 is 11.9 Å². The average molecular weight is 439 g/mol. The van der Waals surface area contributed by atoms with Crippen LogP contribution in [-0.2, 0) is 17.6 Å². The minimum atomic E-state index is -0.0543. The average Bonchev–Trinajstić information content (AvgIpc) is 3.63. The molecule has 0 bridgehead atoms. The van der Waals surface area contributed by atoms with Crippen LogP contribution in [0.1, 0.15) is 30.9 Å². The van der Waals surface area contributed by atoms with E-state index in [2.05, 4.69) is 40.0 Å². The van der Waals surface area contributed by atoms with Crippen molar-refractivity contribution in [3.63, 3.8) is 0 Å². The third-order valence-electron chi connectivity index (χ3n) is 5.12. The Morgan fingerprint density at radius 2 is 1.62 bits per heavy atom. The zero-order chi connectivity index (χ0) is 22.6. The normalized spacial score (nSPS) is 13.4. The number of rotatable bonds is 12. The van der Waals surface area contributed by atoms with Crippen molar-refractivity contribution in [2.24, 2.45) is 4.99 Å². The lowest BCUT2D eigenvalue weighted by atomic mass is 10.1. The quantitative estimate of drug-likeness (QED) is 0.351. The second kappa shape index (κ2) is 12.6. The number of nitrogens with one attached hydrogen (secondary N) is 3. The number of benzene rings is 2. The Bertz CT molecular complexity index is 862. The SMILES string of the molecule is CCNC(=NCCc1ccc(OCC(=O)NC2CC2)cc1)NCCc1ccc(OC)cc1. The van der Waals surface area contributed by atoms with Gasteiger partial charge < -0.3 is 25.4 Å². The molecule has 3 rings (SSSR count). The summed E-state index contributed by atoms with van der Waals surface area (Å²) in [6.45, 7) is 4.42. The van der Waals surface area contributed by atoms with Crippen molar-refractivity contribution in [1.29, 1.82) is 0 Å². The Hall–Kier alpha value is -3.22. The van der Waals surface area contributed by atoms with Crippen LogP contribution in [0.25, 0.3) is 0 Å². The minimum Gasteiger partial charge on any atom is -0.497 e. The van der Waals surface area contributed by atoms with Crippen molar-refractivity contribution in [2.75, 3.05) is 33.4 Å². The number of amides is 1. The summed E-state index contributed by atoms with van der Waals surface area (Å²) in [5.41, 5.74) is 2.43. The highest BCUT2D eigenvalue weighted by Gasteiger charge is 2.23. The molecule has 0 saturated heterocycles. The van der Waals surface area contributed by atoms with Gasteiger partial charge in [0.2, 0.25) is 0 Å². The van der Waals surface area contributed by atoms with Crippen molar-refractivity contribution in [2.45, 2.75) is 38.6 Å². The first-order valence-electron chi connectivity index (χ1n) is 11.3. The van der Waals surface area contributed by atoms with Crippen molar-refractivity contribution in [3.05, 3.63) is 59.7 Å². The number of methoxy groups -OCH3 is 1. The first-order chi connectivity index (χ1) is 15.7. The molecule has 1 aliphatic rings. The van der Waals surface area contributed by atoms with Gasteiger partial charge in [0, 0.05) is 25.7 Å². The van der Waals surface area contributed by atoms with E-state index in [1.54, 1.807) is 7.11 Å². The standard InChI is InChI=1S/C25H34N4O3/c1-3-26-25(27-16-14-19-4-10-22(31-2)11-5-19)28-17-15-20-6-12-23(13-7-20)32-18-24(30)29-21-8-9-21/h4-7,10-13,21H,3,8-9,14-18H2,1-2H3,(H,29,30)(H2,26,27,28). The summed E-state index contributed by atoms with van der Waals surface area (Å²) in [5.74, 6) is 2.34. The van der Waals surface area contributed by atoms with Gasteiger partial charge in [0.25, 0.3) is 5.91 Å². The number of hydrogen-bond acceptors (Lipinski definition) is 4. The molecule has 2 aromatic rings. The molecule has 0 spiro atoms. The molecule has 172 valence electrons. The second-order valence-electron chi connectivity index (χ2n) is 7.81. The molecule has 0 aromatic heterocycles. The number of ether oxygens (including phenoxy) is 2. The van der Waals surface area contributed by atoms with E-state index >= 15 is 0 Å². The van der Waals surface area contributed by atoms with Gasteiger partial charge in [-0.15, -0.1) is 0 Å². The Labute approximate surface area is 190 Å². The minimum absolute atomic E-state index is 0.0543. The Kier molecular flexibility index (Phi) is 9.22. The molecule has 0 radical (unpaired) electrons. The van der Waals surface area contributed by atoms with Gasteiger partial charge in [-0.05, 0) is 68.0 Å². The van der Waals surface area contributed by atoms with Crippen LogP contribution in [0.3, 0.4) is 0 Å². The second-order valence-corrected chi connectivity index (χ2v) is 7.81. The molecule has 1 amide bonds. The van der Waals surface area contributed by atoms with Crippen LogP contribution in [0.15, 0.2) is 53.5 Å². The summed E-state index contributed by atoms with van der Waals surface area (Å²) >= 11 is 0. The fourth-order valence-electron chi connectivity index (χ4n) is 3.15. The molecule has 0 unspecified atom stereocenters. The zero-order valence-corrected chi connectivity index (χ0v) is 19.0. The van der Waals surface area contributed by atoms with Crippen LogP contribution >= 0.6 is 0 Å². The summed E-state index contributed by atoms with van der Waals surface area (Å²) in [5, 5.41) is 9.59. The third kappa shape index (κ3) is 8.49. The van der Waals surface area contributed by atoms with Gasteiger partial charge in [-0.2, -0.15) is 0 Å². The Balaban J connectivity index is 1.38. The molecule has 0 heterocycles. The maximum atomic E-state index is 11.7. The van der Waals surface area contributed by atoms with Crippen LogP contribution in [0.2, 0.25) is 0 Å². The molecule has 7 nitrogen and oxygen atoms in total. The van der Waals surface area contributed by atoms with Gasteiger partial charge in [0.1, 0.15) is 11.5 Å². The van der Waals surface area contributed by atoms with Crippen molar-refractivity contribution in [3.8, 4) is 11.5 Å². The van der Waals surface area contributed by atoms with Gasteiger partial charge in [0.05, 0.1) is 7.11 Å². The third-order valence-corrected chi connectivity index (χ3v) is 5.12. The predicted molar refractivity (Wildman–Crippen MR) is 127 cm³/mol. The first kappa shape index (κ1) is 23.4. The fourth-order valence-corrected chi connectivity index (χ4v) is 3.15. The van der Waals surface area contributed by atoms with Crippen molar-refractivity contribution < 1.29 is 14.3 Å². The lowest BCUT2D eigenvalue weighted by Crippen LogP contribution is -2.38. The highest BCUT2D eigenvalue weighted by atomic mass is 16.5. The van der Waals surface area contributed by atoms with E-state index in [4.69, 9.17) is 9.47 Å². The molecule has 1 aliphatic carbocycles. The number of hydrogen-bond donors (Lipinski definition) is 3. The summed E-state index contributed by atoms with van der Waals surface area (Å²) in [7, 11) is 1.68. The van der Waals surface area contributed by atoms with Gasteiger partial charge in [-0.25, -0.2) is 0 Å². The molecule has 7 heteroatoms. The van der Waals surface area contributed by atoms with Gasteiger partial charge in [-0.1, -0.05) is 24.3 Å². The highest BCUT2D eigenvalue weighted by Crippen LogP contribution is 2.18. The molecular weight excluding hydrogens is 404 g/mol. The summed E-state index contributed by atoms with van der Waals surface area (Å²) in [6, 6.07) is 16.3. The zero-order valence-electron chi connectivity index (χ0n) is 19.0. The lowest BCUT2D eigenvalue weighted by molar-refractivity contribution is -0.123. The number of nitrogens with zero attached hydrogens (tertiary/aromatic N) is 1. The molecule has 1 saturated carbocycles. The van der Waals surface area contributed by atoms with Crippen LogP contribution in [-0.4, -0.2) is 51.3 Å². The van der Waals surface area contributed by atoms with Crippen LogP contribution in [0.5, 0.6) is 11.5 Å². The molecule has 1 fully saturated rings. The predicted octanol–water partition coefficient (Wildman–Crippen LogP) is 2.69. The summed E-state index contributed by atoms with van der Waals surface area (Å²) in [6.07, 6.45) is 3.90. The molecule has 3 N–H and O–H groups in total. The van der Waals surface area contributed by atoms with E-state index in [1.807, 2.05) is 36.4 Å². The van der Waals surface area contributed by atoms with E-state index in [1.165, 1.54) is 11.1 Å². The molecule has 2 aromatic carbocycles. The van der Waals surface area contributed by atoms with Gasteiger partial charge >= 0.3 is 0 Å². The summed E-state index contributed by atoms with van der Waals surface area (Å²) < 4.78 is 10.8. The first-order valence-corrected chi connectivity index (χ1v) is 11.3. The molecule has 32 heavy (non-hydrogen) atoms. The monoisotopic (exact) mass is 438 g/mol. The Morgan fingerprint density at radius 3 is 2.25 bits per heavy atom. The lowest BCUT2D eigenvalue weighted by Gasteiger charge is -2.12. The highest BCUT2D eigenvalue weighted by molar-refractivity contribution is 5.79. The van der Waals surface area contributed by atoms with Gasteiger partial charge in [0.15, 0.2) is 12.6 Å². The topological polar surface area (TPSA) is 84.0 Å². The molecule has 0 aliphatic heterocycles. The fraction of sp³-hybridized carbons (Fsp3) is 0.440. The van der Waals surface area contributed by atoms with E-state index in [0.29, 0.717) is 18.3 Å². The number of guanidine groups is 1. The summed E-state index contributed by atoms with van der Waals surface area (Å²) in [4.78, 5) is 16.4. The van der Waals surface area contributed by atoms with E-state index in [-0.39, 0.29) is 12.5 Å². The number of carbonyl (C=O) groups is 1. The van der Waals surface area contributed by atoms with Gasteiger partial charge in [-0.3, -0.25) is 9.79 Å². The van der Waals surface area contributed by atoms with Crippen molar-refractivity contribution in [1.82, 2.24) is 16.0 Å². The van der Waals surface area contributed by atoms with Crippen LogP contribution in [0.4, 0.5) is 0 Å². The number of aliphatic imine (C=N–C) groups is 1. The van der Waals surface area contributed by atoms with E-state index in [9.17, 15) is 4.79 Å². The number of carbonyl (C=O) groups excluding carboxylic acids is 1. The van der Waals surface area contributed by atoms with E-state index in [0.717, 1.165) is 50.5 Å². The molecular formula is C25H34N4O3. The smallest absolute Gasteiger partial charge is 0.258 e. The molecule has 0 atom stereocenters. The van der Waals surface area contributed by atoms with E-state index < -0.39 is 0 Å².